The van der Waals surface area contributed by atoms with E-state index >= 15 is 0 Å². The molecule has 1 aliphatic heterocycles. The van der Waals surface area contributed by atoms with Gasteiger partial charge in [-0.3, -0.25) is 9.78 Å². The first kappa shape index (κ1) is 15.7. The molecule has 1 fully saturated rings. The zero-order valence-corrected chi connectivity index (χ0v) is 14.3. The van der Waals surface area contributed by atoms with Crippen LogP contribution in [0.25, 0.3) is 10.8 Å². The van der Waals surface area contributed by atoms with Crippen LogP contribution in [0.4, 0.5) is 0 Å². The van der Waals surface area contributed by atoms with E-state index in [4.69, 9.17) is 0 Å². The molecule has 2 aromatic heterocycles. The van der Waals surface area contributed by atoms with Gasteiger partial charge < -0.3 is 9.47 Å². The summed E-state index contributed by atoms with van der Waals surface area (Å²) in [4.78, 5) is 19.1. The third-order valence-electron chi connectivity index (χ3n) is 5.09. The van der Waals surface area contributed by atoms with E-state index in [0.29, 0.717) is 5.92 Å². The molecule has 0 saturated carbocycles. The highest BCUT2D eigenvalue weighted by molar-refractivity contribution is 6.06. The van der Waals surface area contributed by atoms with Crippen LogP contribution >= 0.6 is 0 Å². The predicted octanol–water partition coefficient (Wildman–Crippen LogP) is 2.46. The van der Waals surface area contributed by atoms with Crippen molar-refractivity contribution >= 4 is 16.7 Å². The topological polar surface area (TPSA) is 63.9 Å². The molecule has 128 valence electrons. The van der Waals surface area contributed by atoms with E-state index in [2.05, 4.69) is 15.2 Å². The number of carbonyl (C=O) groups is 1. The number of piperidine rings is 1. The Hall–Kier alpha value is -2.76. The molecule has 3 aromatic rings. The number of carbonyl (C=O) groups excluding carboxylic acids is 1. The van der Waals surface area contributed by atoms with Crippen LogP contribution in [0.1, 0.15) is 29.0 Å². The fourth-order valence-corrected chi connectivity index (χ4v) is 3.57. The molecule has 0 aliphatic carbocycles. The molecule has 4 rings (SSSR count). The van der Waals surface area contributed by atoms with E-state index in [1.807, 2.05) is 40.8 Å². The average Bonchev–Trinajstić information content (AvgIpc) is 3.06. The molecule has 0 N–H and O–H groups in total. The summed E-state index contributed by atoms with van der Waals surface area (Å²) < 4.78 is 1.97. The Kier molecular flexibility index (Phi) is 4.17. The van der Waals surface area contributed by atoms with Gasteiger partial charge in [-0.2, -0.15) is 0 Å². The maximum absolute atomic E-state index is 13.0. The van der Waals surface area contributed by atoms with Crippen LogP contribution in [-0.4, -0.2) is 43.6 Å². The molecule has 0 radical (unpaired) electrons. The van der Waals surface area contributed by atoms with Gasteiger partial charge in [0.25, 0.3) is 5.91 Å². The lowest BCUT2D eigenvalue weighted by Gasteiger charge is -2.32. The van der Waals surface area contributed by atoms with Crippen LogP contribution in [0.15, 0.2) is 43.0 Å². The molecule has 0 atom stereocenters. The van der Waals surface area contributed by atoms with E-state index in [1.54, 1.807) is 18.7 Å². The molecule has 1 amide bonds. The number of hydrogen-bond acceptors (Lipinski definition) is 4. The van der Waals surface area contributed by atoms with Gasteiger partial charge in [0.2, 0.25) is 0 Å². The first-order valence-corrected chi connectivity index (χ1v) is 8.67. The zero-order chi connectivity index (χ0) is 17.2. The summed E-state index contributed by atoms with van der Waals surface area (Å²) in [5.74, 6) is 1.70. The normalized spacial score (nSPS) is 15.6. The average molecular weight is 335 g/mol. The van der Waals surface area contributed by atoms with Gasteiger partial charge in [-0.1, -0.05) is 12.1 Å². The van der Waals surface area contributed by atoms with Crippen molar-refractivity contribution in [3.63, 3.8) is 0 Å². The van der Waals surface area contributed by atoms with E-state index in [0.717, 1.165) is 54.5 Å². The number of fused-ring (bicyclic) bond motifs is 1. The van der Waals surface area contributed by atoms with Crippen molar-refractivity contribution in [1.29, 1.82) is 0 Å². The molecular formula is C19H21N5O. The third-order valence-corrected chi connectivity index (χ3v) is 5.09. The maximum atomic E-state index is 13.0. The summed E-state index contributed by atoms with van der Waals surface area (Å²) in [6, 6.07) is 7.75. The molecule has 0 spiro atoms. The summed E-state index contributed by atoms with van der Waals surface area (Å²) in [5, 5.41) is 10.1. The summed E-state index contributed by atoms with van der Waals surface area (Å²) in [6.07, 6.45) is 8.23. The lowest BCUT2D eigenvalue weighted by Crippen LogP contribution is -2.39. The highest BCUT2D eigenvalue weighted by Gasteiger charge is 2.25. The van der Waals surface area contributed by atoms with Crippen LogP contribution in [0.3, 0.4) is 0 Å². The molecule has 3 heterocycles. The second-order valence-corrected chi connectivity index (χ2v) is 6.70. The number of aromatic nitrogens is 4. The number of aryl methyl sites for hydroxylation is 1. The lowest BCUT2D eigenvalue weighted by atomic mass is 9.92. The second kappa shape index (κ2) is 6.63. The van der Waals surface area contributed by atoms with Gasteiger partial charge in [0.05, 0.1) is 0 Å². The number of nitrogens with zero attached hydrogens (tertiary/aromatic N) is 5. The van der Waals surface area contributed by atoms with Crippen molar-refractivity contribution in [2.24, 2.45) is 13.0 Å². The van der Waals surface area contributed by atoms with E-state index in [-0.39, 0.29) is 5.91 Å². The van der Waals surface area contributed by atoms with Gasteiger partial charge in [0, 0.05) is 49.9 Å². The molecule has 0 unspecified atom stereocenters. The van der Waals surface area contributed by atoms with Crippen molar-refractivity contribution in [2.75, 3.05) is 13.1 Å². The zero-order valence-electron chi connectivity index (χ0n) is 14.3. The minimum absolute atomic E-state index is 0.119. The summed E-state index contributed by atoms with van der Waals surface area (Å²) in [6.45, 7) is 1.59. The minimum Gasteiger partial charge on any atom is -0.339 e. The molecule has 6 nitrogen and oxygen atoms in total. The SMILES string of the molecule is Cn1cnnc1CC1CCN(C(=O)c2cccc3cnccc23)CC1. The van der Waals surface area contributed by atoms with Crippen LogP contribution in [0, 0.1) is 5.92 Å². The van der Waals surface area contributed by atoms with Gasteiger partial charge in [-0.25, -0.2) is 0 Å². The summed E-state index contributed by atoms with van der Waals surface area (Å²) >= 11 is 0. The van der Waals surface area contributed by atoms with Gasteiger partial charge in [0.15, 0.2) is 0 Å². The largest absolute Gasteiger partial charge is 0.339 e. The monoisotopic (exact) mass is 335 g/mol. The van der Waals surface area contributed by atoms with Crippen molar-refractivity contribution in [3.05, 3.63) is 54.4 Å². The molecule has 1 saturated heterocycles. The Labute approximate surface area is 146 Å². The quantitative estimate of drug-likeness (QED) is 0.737. The van der Waals surface area contributed by atoms with Gasteiger partial charge in [0.1, 0.15) is 12.2 Å². The number of hydrogen-bond donors (Lipinski definition) is 0. The lowest BCUT2D eigenvalue weighted by molar-refractivity contribution is 0.0691. The first-order valence-electron chi connectivity index (χ1n) is 8.67. The minimum atomic E-state index is 0.119. The van der Waals surface area contributed by atoms with Crippen LogP contribution < -0.4 is 0 Å². The molecule has 25 heavy (non-hydrogen) atoms. The Balaban J connectivity index is 1.45. The third kappa shape index (κ3) is 3.12. The molecule has 1 aromatic carbocycles. The maximum Gasteiger partial charge on any atom is 0.254 e. The van der Waals surface area contributed by atoms with E-state index in [1.165, 1.54) is 0 Å². The van der Waals surface area contributed by atoms with Crippen molar-refractivity contribution < 1.29 is 4.79 Å². The molecule has 6 heteroatoms. The van der Waals surface area contributed by atoms with E-state index < -0.39 is 0 Å². The number of likely N-dealkylation sites (tertiary alicyclic amines) is 1. The van der Waals surface area contributed by atoms with Crippen LogP contribution in [-0.2, 0) is 13.5 Å². The fraction of sp³-hybridized carbons (Fsp3) is 0.368. The Bertz CT molecular complexity index is 890. The summed E-state index contributed by atoms with van der Waals surface area (Å²) in [5.41, 5.74) is 0.770. The van der Waals surface area contributed by atoms with Crippen molar-refractivity contribution in [1.82, 2.24) is 24.6 Å². The Morgan fingerprint density at radius 3 is 2.84 bits per heavy atom. The Morgan fingerprint density at radius 1 is 1.24 bits per heavy atom. The number of amides is 1. The standard InChI is InChI=1S/C19H21N5O/c1-23-13-21-22-18(23)11-14-6-9-24(10-7-14)19(25)17-4-2-3-15-12-20-8-5-16(15)17/h2-5,8,12-14H,6-7,9-11H2,1H3. The molecule has 1 aliphatic rings. The Morgan fingerprint density at radius 2 is 2.08 bits per heavy atom. The highest BCUT2D eigenvalue weighted by Crippen LogP contribution is 2.24. The second-order valence-electron chi connectivity index (χ2n) is 6.70. The number of pyridine rings is 1. The van der Waals surface area contributed by atoms with Crippen molar-refractivity contribution in [3.8, 4) is 0 Å². The van der Waals surface area contributed by atoms with Crippen LogP contribution in [0.2, 0.25) is 0 Å². The number of rotatable bonds is 3. The smallest absolute Gasteiger partial charge is 0.254 e. The highest BCUT2D eigenvalue weighted by atomic mass is 16.2. The van der Waals surface area contributed by atoms with Crippen molar-refractivity contribution in [2.45, 2.75) is 19.3 Å². The summed E-state index contributed by atoms with van der Waals surface area (Å²) in [7, 11) is 1.98. The molecule has 0 bridgehead atoms. The molecular weight excluding hydrogens is 314 g/mol. The first-order chi connectivity index (χ1) is 12.2. The van der Waals surface area contributed by atoms with Gasteiger partial charge in [-0.15, -0.1) is 10.2 Å². The predicted molar refractivity (Wildman–Crippen MR) is 95.1 cm³/mol. The van der Waals surface area contributed by atoms with Gasteiger partial charge >= 0.3 is 0 Å². The van der Waals surface area contributed by atoms with Gasteiger partial charge in [-0.05, 0) is 36.3 Å². The van der Waals surface area contributed by atoms with Crippen LogP contribution in [0.5, 0.6) is 0 Å². The van der Waals surface area contributed by atoms with E-state index in [9.17, 15) is 4.79 Å². The fourth-order valence-electron chi connectivity index (χ4n) is 3.57. The number of benzene rings is 1.